The number of nitrogens with one attached hydrogen (secondary N) is 2. The van der Waals surface area contributed by atoms with Gasteiger partial charge in [-0.1, -0.05) is 42.5 Å². The van der Waals surface area contributed by atoms with Gasteiger partial charge in [0.2, 0.25) is 5.91 Å². The third-order valence-corrected chi connectivity index (χ3v) is 5.96. The highest BCUT2D eigenvalue weighted by atomic mass is 16.2. The van der Waals surface area contributed by atoms with Crippen LogP contribution in [0.25, 0.3) is 0 Å². The van der Waals surface area contributed by atoms with Gasteiger partial charge in [-0.05, 0) is 49.4 Å². The Balaban J connectivity index is 1.40. The minimum atomic E-state index is -1.10. The van der Waals surface area contributed by atoms with E-state index in [2.05, 4.69) is 10.7 Å². The summed E-state index contributed by atoms with van der Waals surface area (Å²) in [5, 5.41) is 3.45. The van der Waals surface area contributed by atoms with Gasteiger partial charge in [-0.3, -0.25) is 19.8 Å². The number of carbonyl (C=O) groups excluding carboxylic acids is 4. The van der Waals surface area contributed by atoms with Crippen molar-refractivity contribution >= 4 is 23.8 Å². The molecule has 0 bridgehead atoms. The zero-order valence-corrected chi connectivity index (χ0v) is 18.0. The number of benzene rings is 2. The monoisotopic (exact) mass is 434 g/mol. The van der Waals surface area contributed by atoms with E-state index in [1.165, 1.54) is 0 Å². The number of nitrogens with zero attached hydrogens (tertiary/aromatic N) is 2. The highest BCUT2D eigenvalue weighted by molar-refractivity contribution is 6.09. The minimum Gasteiger partial charge on any atom is -0.338 e. The number of likely N-dealkylation sites (tertiary alicyclic amines) is 1. The zero-order valence-electron chi connectivity index (χ0n) is 18.0. The summed E-state index contributed by atoms with van der Waals surface area (Å²) in [4.78, 5) is 51.8. The normalized spacial score (nSPS) is 20.6. The summed E-state index contributed by atoms with van der Waals surface area (Å²) in [6.45, 7) is 2.80. The van der Waals surface area contributed by atoms with Gasteiger partial charge in [0.15, 0.2) is 0 Å². The van der Waals surface area contributed by atoms with Crippen LogP contribution in [-0.2, 0) is 22.6 Å². The molecular formula is C24H26N4O4. The summed E-state index contributed by atoms with van der Waals surface area (Å²) in [5.74, 6) is -0.949. The standard InChI is InChI=1S/C24H26N4O4/c1-24(13-12-17-7-3-2-4-8-17)22(31)28(23(32)25-24)26-21(30)19-10-5-9-18(15-19)16-27-14-6-11-20(27)29/h2-5,7-10,15H,6,11-14,16H2,1H3,(H,25,32)(H,26,30)/t24-/m0/s1. The van der Waals surface area contributed by atoms with Crippen LogP contribution < -0.4 is 10.7 Å². The van der Waals surface area contributed by atoms with Crippen molar-refractivity contribution < 1.29 is 19.2 Å². The van der Waals surface area contributed by atoms with E-state index < -0.39 is 23.4 Å². The Labute approximate surface area is 186 Å². The molecular weight excluding hydrogens is 408 g/mol. The molecule has 2 saturated heterocycles. The van der Waals surface area contributed by atoms with Gasteiger partial charge in [0.05, 0.1) is 0 Å². The number of aryl methyl sites for hydroxylation is 1. The molecule has 8 heteroatoms. The van der Waals surface area contributed by atoms with Crippen molar-refractivity contribution in [3.05, 3.63) is 71.3 Å². The molecule has 2 aliphatic rings. The summed E-state index contributed by atoms with van der Waals surface area (Å²) in [7, 11) is 0. The predicted octanol–water partition coefficient (Wildman–Crippen LogP) is 2.40. The number of carbonyl (C=O) groups is 4. The molecule has 2 heterocycles. The maximum Gasteiger partial charge on any atom is 0.344 e. The fourth-order valence-corrected chi connectivity index (χ4v) is 4.06. The number of rotatable bonds is 7. The van der Waals surface area contributed by atoms with Crippen LogP contribution in [-0.4, -0.2) is 45.7 Å². The highest BCUT2D eigenvalue weighted by Crippen LogP contribution is 2.23. The molecule has 5 amide bonds. The molecule has 2 aromatic carbocycles. The fourth-order valence-electron chi connectivity index (χ4n) is 4.06. The van der Waals surface area contributed by atoms with Crippen LogP contribution in [0.2, 0.25) is 0 Å². The maximum atomic E-state index is 12.9. The third kappa shape index (κ3) is 4.49. The first-order chi connectivity index (χ1) is 15.4. The van der Waals surface area contributed by atoms with Crippen LogP contribution in [0.5, 0.6) is 0 Å². The van der Waals surface area contributed by atoms with Gasteiger partial charge in [-0.15, -0.1) is 0 Å². The first-order valence-electron chi connectivity index (χ1n) is 10.7. The van der Waals surface area contributed by atoms with E-state index in [0.717, 1.165) is 22.6 Å². The van der Waals surface area contributed by atoms with E-state index in [-0.39, 0.29) is 5.91 Å². The van der Waals surface area contributed by atoms with Gasteiger partial charge >= 0.3 is 6.03 Å². The van der Waals surface area contributed by atoms with E-state index in [1.807, 2.05) is 36.4 Å². The summed E-state index contributed by atoms with van der Waals surface area (Å²) in [5.41, 5.74) is 3.52. The number of urea groups is 1. The number of imide groups is 1. The van der Waals surface area contributed by atoms with Crippen molar-refractivity contribution in [2.24, 2.45) is 0 Å². The molecule has 2 aromatic rings. The van der Waals surface area contributed by atoms with Gasteiger partial charge in [-0.2, -0.15) is 5.01 Å². The van der Waals surface area contributed by atoms with E-state index in [0.29, 0.717) is 37.9 Å². The van der Waals surface area contributed by atoms with Crippen molar-refractivity contribution in [3.8, 4) is 0 Å². The van der Waals surface area contributed by atoms with Crippen molar-refractivity contribution in [1.82, 2.24) is 20.7 Å². The molecule has 0 radical (unpaired) electrons. The molecule has 2 N–H and O–H groups in total. The van der Waals surface area contributed by atoms with Crippen molar-refractivity contribution in [1.29, 1.82) is 0 Å². The zero-order chi connectivity index (χ0) is 22.7. The van der Waals surface area contributed by atoms with E-state index >= 15 is 0 Å². The Bertz CT molecular complexity index is 1050. The third-order valence-electron chi connectivity index (χ3n) is 5.96. The average Bonchev–Trinajstić information content (AvgIpc) is 3.29. The van der Waals surface area contributed by atoms with Crippen molar-refractivity contribution in [2.45, 2.75) is 44.7 Å². The Morgan fingerprint density at radius 3 is 2.53 bits per heavy atom. The summed E-state index contributed by atoms with van der Waals surface area (Å²) < 4.78 is 0. The van der Waals surface area contributed by atoms with Crippen LogP contribution in [0, 0.1) is 0 Å². The van der Waals surface area contributed by atoms with Crippen LogP contribution in [0.4, 0.5) is 4.79 Å². The molecule has 32 heavy (non-hydrogen) atoms. The number of hydrazine groups is 1. The Morgan fingerprint density at radius 1 is 1.06 bits per heavy atom. The Morgan fingerprint density at radius 2 is 1.81 bits per heavy atom. The first kappa shape index (κ1) is 21.5. The summed E-state index contributed by atoms with van der Waals surface area (Å²) in [6, 6.07) is 15.9. The molecule has 0 unspecified atom stereocenters. The fraction of sp³-hybridized carbons (Fsp3) is 0.333. The molecule has 2 fully saturated rings. The van der Waals surface area contributed by atoms with E-state index in [9.17, 15) is 19.2 Å². The smallest absolute Gasteiger partial charge is 0.338 e. The quantitative estimate of drug-likeness (QED) is 0.654. The topological polar surface area (TPSA) is 98.8 Å². The van der Waals surface area contributed by atoms with Crippen molar-refractivity contribution in [2.75, 3.05) is 6.54 Å². The molecule has 0 spiro atoms. The number of hydrogen-bond donors (Lipinski definition) is 2. The Hall–Kier alpha value is -3.68. The lowest BCUT2D eigenvalue weighted by Crippen LogP contribution is -2.49. The molecule has 166 valence electrons. The second-order valence-electron chi connectivity index (χ2n) is 8.45. The Kier molecular flexibility index (Phi) is 5.94. The predicted molar refractivity (Wildman–Crippen MR) is 117 cm³/mol. The van der Waals surface area contributed by atoms with Gasteiger partial charge in [0.1, 0.15) is 5.54 Å². The van der Waals surface area contributed by atoms with Crippen LogP contribution in [0.15, 0.2) is 54.6 Å². The molecule has 0 aliphatic carbocycles. The first-order valence-corrected chi connectivity index (χ1v) is 10.7. The summed E-state index contributed by atoms with van der Waals surface area (Å²) in [6.07, 6.45) is 2.42. The van der Waals surface area contributed by atoms with Crippen LogP contribution in [0.3, 0.4) is 0 Å². The van der Waals surface area contributed by atoms with Gasteiger partial charge < -0.3 is 10.2 Å². The molecule has 2 aliphatic heterocycles. The van der Waals surface area contributed by atoms with Crippen LogP contribution >= 0.6 is 0 Å². The number of amides is 5. The lowest BCUT2D eigenvalue weighted by Gasteiger charge is -2.21. The van der Waals surface area contributed by atoms with Gasteiger partial charge in [-0.25, -0.2) is 4.79 Å². The van der Waals surface area contributed by atoms with Gasteiger partial charge in [0, 0.05) is 25.1 Å². The average molecular weight is 434 g/mol. The maximum absolute atomic E-state index is 12.9. The lowest BCUT2D eigenvalue weighted by atomic mass is 9.93. The highest BCUT2D eigenvalue weighted by Gasteiger charge is 2.48. The SMILES string of the molecule is C[C@@]1(CCc2ccccc2)NC(=O)N(NC(=O)c2cccc(CN3CCCC3=O)c2)C1=O. The molecule has 0 saturated carbocycles. The van der Waals surface area contributed by atoms with Crippen LogP contribution in [0.1, 0.15) is 47.7 Å². The second kappa shape index (κ2) is 8.82. The van der Waals surface area contributed by atoms with E-state index in [4.69, 9.17) is 0 Å². The molecule has 8 nitrogen and oxygen atoms in total. The lowest BCUT2D eigenvalue weighted by molar-refractivity contribution is -0.132. The number of hydrogen-bond acceptors (Lipinski definition) is 4. The van der Waals surface area contributed by atoms with Crippen molar-refractivity contribution in [3.63, 3.8) is 0 Å². The summed E-state index contributed by atoms with van der Waals surface area (Å²) >= 11 is 0. The molecule has 4 rings (SSSR count). The van der Waals surface area contributed by atoms with Gasteiger partial charge in [0.25, 0.3) is 11.8 Å². The molecule has 0 aromatic heterocycles. The second-order valence-corrected chi connectivity index (χ2v) is 8.45. The largest absolute Gasteiger partial charge is 0.344 e. The minimum absolute atomic E-state index is 0.106. The van der Waals surface area contributed by atoms with E-state index in [1.54, 1.807) is 30.0 Å². The molecule has 1 atom stereocenters.